The van der Waals surface area contributed by atoms with Gasteiger partial charge in [-0.3, -0.25) is 0 Å². The SMILES string of the molecule is COC1CCCC1NC(c1ccccc1)C(C)C. The molecular weight excluding hydrogens is 222 g/mol. The fourth-order valence-corrected chi connectivity index (χ4v) is 2.96. The smallest absolute Gasteiger partial charge is 0.0724 e. The van der Waals surface area contributed by atoms with Crippen molar-refractivity contribution >= 4 is 0 Å². The molecule has 2 heteroatoms. The summed E-state index contributed by atoms with van der Waals surface area (Å²) >= 11 is 0. The van der Waals surface area contributed by atoms with Crippen molar-refractivity contribution in [3.63, 3.8) is 0 Å². The van der Waals surface area contributed by atoms with Gasteiger partial charge in [-0.05, 0) is 30.7 Å². The Hall–Kier alpha value is -0.860. The highest BCUT2D eigenvalue weighted by atomic mass is 16.5. The molecule has 0 heterocycles. The first kappa shape index (κ1) is 13.6. The second-order valence-electron chi connectivity index (χ2n) is 5.61. The van der Waals surface area contributed by atoms with Gasteiger partial charge in [0, 0.05) is 19.2 Å². The summed E-state index contributed by atoms with van der Waals surface area (Å²) in [6, 6.07) is 11.7. The summed E-state index contributed by atoms with van der Waals surface area (Å²) in [7, 11) is 1.83. The zero-order valence-electron chi connectivity index (χ0n) is 11.7. The molecule has 0 bridgehead atoms. The molecule has 0 aromatic heterocycles. The number of hydrogen-bond acceptors (Lipinski definition) is 2. The normalized spacial score (nSPS) is 25.6. The Morgan fingerprint density at radius 2 is 1.89 bits per heavy atom. The van der Waals surface area contributed by atoms with E-state index in [1.807, 2.05) is 7.11 Å². The van der Waals surface area contributed by atoms with Gasteiger partial charge in [0.1, 0.15) is 0 Å². The van der Waals surface area contributed by atoms with Gasteiger partial charge in [-0.15, -0.1) is 0 Å². The van der Waals surface area contributed by atoms with E-state index < -0.39 is 0 Å². The first-order valence-electron chi connectivity index (χ1n) is 7.06. The molecule has 1 saturated carbocycles. The Balaban J connectivity index is 2.07. The molecule has 1 fully saturated rings. The van der Waals surface area contributed by atoms with Crippen LogP contribution in [-0.2, 0) is 4.74 Å². The lowest BCUT2D eigenvalue weighted by molar-refractivity contribution is 0.0787. The van der Waals surface area contributed by atoms with Gasteiger partial charge in [0.25, 0.3) is 0 Å². The van der Waals surface area contributed by atoms with Crippen molar-refractivity contribution in [3.05, 3.63) is 35.9 Å². The van der Waals surface area contributed by atoms with Gasteiger partial charge in [-0.1, -0.05) is 44.2 Å². The topological polar surface area (TPSA) is 21.3 Å². The molecule has 1 aromatic carbocycles. The van der Waals surface area contributed by atoms with Gasteiger partial charge in [0.15, 0.2) is 0 Å². The molecule has 0 saturated heterocycles. The summed E-state index contributed by atoms with van der Waals surface area (Å²) in [5.41, 5.74) is 1.38. The standard InChI is InChI=1S/C16H25NO/c1-12(2)16(13-8-5-4-6-9-13)17-14-10-7-11-15(14)18-3/h4-6,8-9,12,14-17H,7,10-11H2,1-3H3. The molecule has 1 aromatic rings. The molecule has 2 nitrogen and oxygen atoms in total. The molecule has 0 amide bonds. The summed E-state index contributed by atoms with van der Waals surface area (Å²) in [5.74, 6) is 0.588. The lowest BCUT2D eigenvalue weighted by Crippen LogP contribution is -2.40. The number of benzene rings is 1. The van der Waals surface area contributed by atoms with E-state index in [0.717, 1.165) is 0 Å². The van der Waals surface area contributed by atoms with Gasteiger partial charge >= 0.3 is 0 Å². The summed E-state index contributed by atoms with van der Waals surface area (Å²) in [6.45, 7) is 4.56. The third kappa shape index (κ3) is 3.12. The van der Waals surface area contributed by atoms with E-state index in [0.29, 0.717) is 24.1 Å². The molecule has 0 radical (unpaired) electrons. The minimum absolute atomic E-state index is 0.384. The molecule has 2 rings (SSSR count). The maximum absolute atomic E-state index is 5.58. The summed E-state index contributed by atoms with van der Waals surface area (Å²) in [6.07, 6.45) is 4.08. The zero-order chi connectivity index (χ0) is 13.0. The maximum Gasteiger partial charge on any atom is 0.0724 e. The molecular formula is C16H25NO. The third-order valence-electron chi connectivity index (χ3n) is 3.97. The van der Waals surface area contributed by atoms with Crippen LogP contribution in [0.5, 0.6) is 0 Å². The van der Waals surface area contributed by atoms with Gasteiger partial charge in [0.2, 0.25) is 0 Å². The van der Waals surface area contributed by atoms with E-state index >= 15 is 0 Å². The van der Waals surface area contributed by atoms with Crippen molar-refractivity contribution in [1.29, 1.82) is 0 Å². The van der Waals surface area contributed by atoms with Crippen LogP contribution in [0.15, 0.2) is 30.3 Å². The first-order valence-corrected chi connectivity index (χ1v) is 7.06. The minimum Gasteiger partial charge on any atom is -0.380 e. The fraction of sp³-hybridized carbons (Fsp3) is 0.625. The quantitative estimate of drug-likeness (QED) is 0.859. The van der Waals surface area contributed by atoms with Crippen molar-refractivity contribution in [2.75, 3.05) is 7.11 Å². The number of nitrogens with one attached hydrogen (secondary N) is 1. The molecule has 1 aliphatic carbocycles. The van der Waals surface area contributed by atoms with Crippen LogP contribution in [-0.4, -0.2) is 19.3 Å². The van der Waals surface area contributed by atoms with Gasteiger partial charge < -0.3 is 10.1 Å². The largest absolute Gasteiger partial charge is 0.380 e. The Bertz CT molecular complexity index is 349. The summed E-state index contributed by atoms with van der Waals surface area (Å²) in [4.78, 5) is 0. The van der Waals surface area contributed by atoms with Gasteiger partial charge in [-0.25, -0.2) is 0 Å². The van der Waals surface area contributed by atoms with Crippen LogP contribution in [0.4, 0.5) is 0 Å². The zero-order valence-corrected chi connectivity index (χ0v) is 11.7. The van der Waals surface area contributed by atoms with Crippen molar-refractivity contribution in [3.8, 4) is 0 Å². The highest BCUT2D eigenvalue weighted by Gasteiger charge is 2.30. The van der Waals surface area contributed by atoms with Crippen LogP contribution in [0.3, 0.4) is 0 Å². The fourth-order valence-electron chi connectivity index (χ4n) is 2.96. The molecule has 18 heavy (non-hydrogen) atoms. The lowest BCUT2D eigenvalue weighted by atomic mass is 9.95. The maximum atomic E-state index is 5.58. The average molecular weight is 247 g/mol. The summed E-state index contributed by atoms with van der Waals surface area (Å²) < 4.78 is 5.58. The molecule has 0 spiro atoms. The molecule has 0 aliphatic heterocycles. The predicted octanol–water partition coefficient (Wildman–Crippen LogP) is 3.54. The number of ether oxygens (including phenoxy) is 1. The first-order chi connectivity index (χ1) is 8.72. The minimum atomic E-state index is 0.384. The van der Waals surface area contributed by atoms with E-state index in [1.54, 1.807) is 0 Å². The van der Waals surface area contributed by atoms with Gasteiger partial charge in [-0.2, -0.15) is 0 Å². The van der Waals surface area contributed by atoms with Gasteiger partial charge in [0.05, 0.1) is 6.10 Å². The van der Waals surface area contributed by atoms with Crippen molar-refractivity contribution in [2.45, 2.75) is 51.3 Å². The summed E-state index contributed by atoms with van der Waals surface area (Å²) in [5, 5.41) is 3.81. The van der Waals surface area contributed by atoms with E-state index in [4.69, 9.17) is 4.74 Å². The van der Waals surface area contributed by atoms with E-state index in [-0.39, 0.29) is 0 Å². The second-order valence-corrected chi connectivity index (χ2v) is 5.61. The Morgan fingerprint density at radius 3 is 2.50 bits per heavy atom. The van der Waals surface area contributed by atoms with Crippen LogP contribution in [0.2, 0.25) is 0 Å². The monoisotopic (exact) mass is 247 g/mol. The molecule has 3 atom stereocenters. The highest BCUT2D eigenvalue weighted by molar-refractivity contribution is 5.19. The van der Waals surface area contributed by atoms with Crippen LogP contribution >= 0.6 is 0 Å². The van der Waals surface area contributed by atoms with Crippen LogP contribution in [0.25, 0.3) is 0 Å². The van der Waals surface area contributed by atoms with Crippen molar-refractivity contribution < 1.29 is 4.74 Å². The van der Waals surface area contributed by atoms with Crippen molar-refractivity contribution in [1.82, 2.24) is 5.32 Å². The van der Waals surface area contributed by atoms with Crippen LogP contribution in [0, 0.1) is 5.92 Å². The predicted molar refractivity (Wildman–Crippen MR) is 75.6 cm³/mol. The van der Waals surface area contributed by atoms with Crippen molar-refractivity contribution in [2.24, 2.45) is 5.92 Å². The Kier molecular flexibility index (Phi) is 4.79. The Morgan fingerprint density at radius 1 is 1.17 bits per heavy atom. The highest BCUT2D eigenvalue weighted by Crippen LogP contribution is 2.28. The van der Waals surface area contributed by atoms with Crippen LogP contribution in [0.1, 0.15) is 44.7 Å². The average Bonchev–Trinajstić information content (AvgIpc) is 2.83. The molecule has 1 N–H and O–H groups in total. The molecule has 3 unspecified atom stereocenters. The van der Waals surface area contributed by atoms with E-state index in [2.05, 4.69) is 49.5 Å². The lowest BCUT2D eigenvalue weighted by Gasteiger charge is -2.29. The van der Waals surface area contributed by atoms with E-state index in [1.165, 1.54) is 24.8 Å². The molecule has 1 aliphatic rings. The number of rotatable bonds is 5. The second kappa shape index (κ2) is 6.35. The Labute approximate surface area is 111 Å². The number of hydrogen-bond donors (Lipinski definition) is 1. The third-order valence-corrected chi connectivity index (χ3v) is 3.97. The molecule has 100 valence electrons. The van der Waals surface area contributed by atoms with E-state index in [9.17, 15) is 0 Å². The van der Waals surface area contributed by atoms with Crippen LogP contribution < -0.4 is 5.32 Å². The number of methoxy groups -OCH3 is 1.